The van der Waals surface area contributed by atoms with Gasteiger partial charge in [0.15, 0.2) is 29.9 Å². The third-order valence-electron chi connectivity index (χ3n) is 5.69. The lowest BCUT2D eigenvalue weighted by Crippen LogP contribution is -2.41. The van der Waals surface area contributed by atoms with Crippen LogP contribution in [0.5, 0.6) is 0 Å². The van der Waals surface area contributed by atoms with Crippen LogP contribution in [0.15, 0.2) is 62.3 Å². The number of esters is 1. The Balaban J connectivity index is 1.47. The highest BCUT2D eigenvalue weighted by atomic mass is 35.5. The van der Waals surface area contributed by atoms with Gasteiger partial charge in [0.2, 0.25) is 0 Å². The molecule has 2 atom stereocenters. The van der Waals surface area contributed by atoms with E-state index in [2.05, 4.69) is 15.6 Å². The lowest BCUT2D eigenvalue weighted by molar-refractivity contribution is -0.156. The first-order chi connectivity index (χ1) is 18.6. The maximum Gasteiger partial charge on any atom is 0.519 e. The number of rotatable bonds is 10. The van der Waals surface area contributed by atoms with Crippen molar-refractivity contribution in [2.45, 2.75) is 38.5 Å². The molecule has 0 aliphatic rings. The van der Waals surface area contributed by atoms with Gasteiger partial charge in [0, 0.05) is 23.0 Å². The highest BCUT2D eigenvalue weighted by Crippen LogP contribution is 2.26. The molecular weight excluding hydrogens is 539 g/mol. The van der Waals surface area contributed by atoms with Gasteiger partial charge in [-0.1, -0.05) is 40.7 Å². The van der Waals surface area contributed by atoms with E-state index in [1.165, 1.54) is 25.1 Å². The summed E-state index contributed by atoms with van der Waals surface area (Å²) in [6, 6.07) is 10.1. The van der Waals surface area contributed by atoms with Gasteiger partial charge < -0.3 is 29.2 Å². The molecule has 0 spiro atoms. The number of aliphatic hydroxyl groups is 1. The normalized spacial score (nSPS) is 12.6. The SMILES string of the molecule is Cc1oc(=O)oc1COC(=O)[C@H](O)C[C@@H](Cc1ccc(-c2cc(Cl)ccc2F)cc1)NC(=O)c1cn(O)nn1. The summed E-state index contributed by atoms with van der Waals surface area (Å²) < 4.78 is 28.7. The summed E-state index contributed by atoms with van der Waals surface area (Å²) in [4.78, 5) is 36.5. The zero-order chi connectivity index (χ0) is 28.1. The van der Waals surface area contributed by atoms with E-state index in [9.17, 15) is 29.1 Å². The van der Waals surface area contributed by atoms with Crippen LogP contribution in [0.1, 0.15) is 34.0 Å². The van der Waals surface area contributed by atoms with Crippen LogP contribution in [0.25, 0.3) is 11.1 Å². The van der Waals surface area contributed by atoms with E-state index in [1.54, 1.807) is 24.3 Å². The van der Waals surface area contributed by atoms with Crippen LogP contribution in [0, 0.1) is 12.7 Å². The van der Waals surface area contributed by atoms with Crippen molar-refractivity contribution >= 4 is 23.5 Å². The van der Waals surface area contributed by atoms with Crippen molar-refractivity contribution in [1.29, 1.82) is 0 Å². The zero-order valence-corrected chi connectivity index (χ0v) is 21.1. The molecule has 2 aromatic heterocycles. The third kappa shape index (κ3) is 7.09. The molecule has 4 aromatic rings. The van der Waals surface area contributed by atoms with Crippen molar-refractivity contribution in [3.8, 4) is 11.1 Å². The Kier molecular flexibility index (Phi) is 8.42. The molecule has 2 heterocycles. The minimum absolute atomic E-state index is 0.00581. The second-order valence-electron chi connectivity index (χ2n) is 8.51. The number of aryl methyl sites for hydroxylation is 1. The fraction of sp³-hybridized carbons (Fsp3) is 0.240. The fourth-order valence-electron chi connectivity index (χ4n) is 3.74. The quantitative estimate of drug-likeness (QED) is 0.193. The Morgan fingerprint density at radius 1 is 1.21 bits per heavy atom. The minimum atomic E-state index is -1.66. The number of halogens is 2. The van der Waals surface area contributed by atoms with Crippen molar-refractivity contribution in [3.63, 3.8) is 0 Å². The Morgan fingerprint density at radius 3 is 2.59 bits per heavy atom. The van der Waals surface area contributed by atoms with Crippen molar-refractivity contribution in [1.82, 2.24) is 20.5 Å². The fourth-order valence-corrected chi connectivity index (χ4v) is 3.91. The van der Waals surface area contributed by atoms with Gasteiger partial charge in [-0.3, -0.25) is 4.79 Å². The second kappa shape index (κ2) is 11.9. The summed E-state index contributed by atoms with van der Waals surface area (Å²) in [6.45, 7) is 1.01. The number of amides is 1. The molecule has 0 saturated heterocycles. The number of carbonyl (C=O) groups is 2. The van der Waals surface area contributed by atoms with Crippen LogP contribution >= 0.6 is 11.6 Å². The lowest BCUT2D eigenvalue weighted by atomic mass is 9.97. The van der Waals surface area contributed by atoms with Gasteiger partial charge in [-0.2, -0.15) is 0 Å². The Bertz CT molecular complexity index is 1530. The van der Waals surface area contributed by atoms with Crippen LogP contribution in [-0.4, -0.2) is 49.5 Å². The molecule has 0 saturated carbocycles. The number of hydrogen-bond acceptors (Lipinski definition) is 10. The van der Waals surface area contributed by atoms with E-state index in [4.69, 9.17) is 25.2 Å². The predicted octanol–water partition coefficient (Wildman–Crippen LogP) is 2.67. The van der Waals surface area contributed by atoms with Crippen molar-refractivity contribution < 1.29 is 37.9 Å². The summed E-state index contributed by atoms with van der Waals surface area (Å²) >= 11 is 5.99. The van der Waals surface area contributed by atoms with Crippen molar-refractivity contribution in [3.05, 3.63) is 92.9 Å². The van der Waals surface area contributed by atoms with Gasteiger partial charge in [-0.05, 0) is 47.9 Å². The number of carbonyl (C=O) groups excluding carboxylic acids is 2. The molecule has 0 bridgehead atoms. The highest BCUT2D eigenvalue weighted by Gasteiger charge is 2.26. The van der Waals surface area contributed by atoms with E-state index in [1.807, 2.05) is 0 Å². The molecule has 3 N–H and O–H groups in total. The Morgan fingerprint density at radius 2 is 1.95 bits per heavy atom. The number of hydrogen-bond donors (Lipinski definition) is 3. The van der Waals surface area contributed by atoms with Crippen molar-refractivity contribution in [2.24, 2.45) is 0 Å². The molecule has 0 fully saturated rings. The predicted molar refractivity (Wildman–Crippen MR) is 131 cm³/mol. The van der Waals surface area contributed by atoms with Gasteiger partial charge in [-0.25, -0.2) is 14.0 Å². The molecule has 0 unspecified atom stereocenters. The minimum Gasteiger partial charge on any atom is -0.455 e. The van der Waals surface area contributed by atoms with Crippen LogP contribution in [0.3, 0.4) is 0 Å². The van der Waals surface area contributed by atoms with Gasteiger partial charge in [0.1, 0.15) is 5.82 Å². The number of aliphatic hydroxyl groups excluding tert-OH is 1. The molecule has 12 nitrogen and oxygen atoms in total. The standard InChI is InChI=1S/C25H22ClFN4O8/c1-13-22(39-25(35)38-13)12-37-24(34)21(32)10-17(28-23(33)20-11-31(36)30-29-20)8-14-2-4-15(5-3-14)18-9-16(26)6-7-19(18)27/h2-7,9,11,17,21,32,36H,8,10,12H2,1H3,(H,28,33)/t17-,21-/m1/s1. The molecule has 0 aliphatic heterocycles. The summed E-state index contributed by atoms with van der Waals surface area (Å²) in [7, 11) is 0. The van der Waals surface area contributed by atoms with Gasteiger partial charge >= 0.3 is 11.8 Å². The number of aromatic nitrogens is 3. The molecule has 2 aromatic carbocycles. The molecule has 204 valence electrons. The summed E-state index contributed by atoms with van der Waals surface area (Å²) in [5.74, 6) is -3.01. The first kappa shape index (κ1) is 27.5. The molecule has 39 heavy (non-hydrogen) atoms. The maximum atomic E-state index is 14.3. The topological polar surface area (TPSA) is 170 Å². The van der Waals surface area contributed by atoms with Gasteiger partial charge in [0.05, 0.1) is 6.20 Å². The van der Waals surface area contributed by atoms with E-state index in [0.29, 0.717) is 26.6 Å². The zero-order valence-electron chi connectivity index (χ0n) is 20.3. The van der Waals surface area contributed by atoms with E-state index in [0.717, 1.165) is 6.20 Å². The number of nitrogens with one attached hydrogen (secondary N) is 1. The van der Waals surface area contributed by atoms with E-state index in [-0.39, 0.29) is 30.1 Å². The van der Waals surface area contributed by atoms with Crippen molar-refractivity contribution in [2.75, 3.05) is 0 Å². The number of benzene rings is 2. The molecule has 1 amide bonds. The Hall–Kier alpha value is -4.49. The Labute approximate surface area is 224 Å². The van der Waals surface area contributed by atoms with Crippen LogP contribution < -0.4 is 11.1 Å². The smallest absolute Gasteiger partial charge is 0.455 e. The van der Waals surface area contributed by atoms with E-state index >= 15 is 0 Å². The van der Waals surface area contributed by atoms with Gasteiger partial charge in [-0.15, -0.1) is 5.10 Å². The van der Waals surface area contributed by atoms with Crippen LogP contribution in [-0.2, 0) is 22.6 Å². The maximum absolute atomic E-state index is 14.3. The largest absolute Gasteiger partial charge is 0.519 e. The summed E-state index contributed by atoms with van der Waals surface area (Å²) in [6.07, 6.45) is -0.803. The summed E-state index contributed by atoms with van der Waals surface area (Å²) in [5.41, 5.74) is 1.38. The second-order valence-corrected chi connectivity index (χ2v) is 8.95. The molecule has 0 radical (unpaired) electrons. The van der Waals surface area contributed by atoms with Gasteiger partial charge in [0.25, 0.3) is 5.91 Å². The molecule has 4 rings (SSSR count). The molecular formula is C25H22ClFN4O8. The number of ether oxygens (including phenoxy) is 1. The average molecular weight is 561 g/mol. The lowest BCUT2D eigenvalue weighted by Gasteiger charge is -2.21. The van der Waals surface area contributed by atoms with Crippen LogP contribution in [0.4, 0.5) is 4.39 Å². The first-order valence-corrected chi connectivity index (χ1v) is 11.9. The third-order valence-corrected chi connectivity index (χ3v) is 5.92. The van der Waals surface area contributed by atoms with Crippen LogP contribution in [0.2, 0.25) is 5.02 Å². The monoisotopic (exact) mass is 560 g/mol. The molecule has 0 aliphatic carbocycles. The first-order valence-electron chi connectivity index (χ1n) is 11.5. The number of nitrogens with zero attached hydrogens (tertiary/aromatic N) is 3. The molecule has 14 heteroatoms. The van der Waals surface area contributed by atoms with E-state index < -0.39 is 42.3 Å². The highest BCUT2D eigenvalue weighted by molar-refractivity contribution is 6.30. The summed E-state index contributed by atoms with van der Waals surface area (Å²) in [5, 5.41) is 29.6. The average Bonchev–Trinajstić information content (AvgIpc) is 3.48.